The highest BCUT2D eigenvalue weighted by Gasteiger charge is 2.33. The highest BCUT2D eigenvalue weighted by Crippen LogP contribution is 2.44. The molecule has 6 rings (SSSR count). The Labute approximate surface area is 175 Å². The van der Waals surface area contributed by atoms with Gasteiger partial charge in [0.2, 0.25) is 0 Å². The van der Waals surface area contributed by atoms with E-state index in [1.54, 1.807) is 6.34 Å². The number of para-hydroxylation sites is 1. The van der Waals surface area contributed by atoms with Gasteiger partial charge in [-0.1, -0.05) is 24.3 Å². The number of fused-ring (bicyclic) bond motifs is 2. The summed E-state index contributed by atoms with van der Waals surface area (Å²) in [6.07, 6.45) is 7.40. The molecule has 1 unspecified atom stereocenters. The highest BCUT2D eigenvalue weighted by molar-refractivity contribution is 6.08. The quantitative estimate of drug-likeness (QED) is 0.740. The summed E-state index contributed by atoms with van der Waals surface area (Å²) in [5.74, 6) is 1.01. The normalized spacial score (nSPS) is 19.5. The monoisotopic (exact) mass is 394 g/mol. The third kappa shape index (κ3) is 2.92. The summed E-state index contributed by atoms with van der Waals surface area (Å²) >= 11 is 0. The van der Waals surface area contributed by atoms with Gasteiger partial charge in [0.1, 0.15) is 12.2 Å². The molecule has 0 radical (unpaired) electrons. The van der Waals surface area contributed by atoms with Crippen LogP contribution in [0.15, 0.2) is 64.8 Å². The summed E-state index contributed by atoms with van der Waals surface area (Å²) in [7, 11) is 0. The first-order chi connectivity index (χ1) is 14.9. The molecule has 2 aromatic heterocycles. The standard InChI is InChI=1S/C24H22N6/c1-2-4-22-16(3-1)10-23(19-9-18(12-26-13-19)21-14-27-15-28-21)30(22)24-6-5-17-11-25-8-7-20(17)29-24/h1-6,9,12-13,15,23,25H,7-8,10-11,14H2. The van der Waals surface area contributed by atoms with E-state index in [4.69, 9.17) is 4.98 Å². The van der Waals surface area contributed by atoms with Crippen molar-refractivity contribution in [3.8, 4) is 0 Å². The number of hydrogen-bond acceptors (Lipinski definition) is 6. The number of hydrogen-bond donors (Lipinski definition) is 1. The van der Waals surface area contributed by atoms with Crippen molar-refractivity contribution in [2.75, 3.05) is 18.0 Å². The van der Waals surface area contributed by atoms with Crippen molar-refractivity contribution in [2.24, 2.45) is 9.98 Å². The molecule has 0 saturated heterocycles. The summed E-state index contributed by atoms with van der Waals surface area (Å²) in [4.78, 5) is 20.6. The van der Waals surface area contributed by atoms with Crippen LogP contribution in [0.2, 0.25) is 0 Å². The Balaban J connectivity index is 1.44. The molecule has 1 atom stereocenters. The van der Waals surface area contributed by atoms with E-state index in [1.807, 2.05) is 12.4 Å². The van der Waals surface area contributed by atoms with Crippen LogP contribution in [0.4, 0.5) is 11.5 Å². The maximum Gasteiger partial charge on any atom is 0.133 e. The molecule has 6 heteroatoms. The minimum atomic E-state index is 0.157. The van der Waals surface area contributed by atoms with Crippen LogP contribution < -0.4 is 10.2 Å². The summed E-state index contributed by atoms with van der Waals surface area (Å²) < 4.78 is 0. The summed E-state index contributed by atoms with van der Waals surface area (Å²) in [5, 5.41) is 3.43. The van der Waals surface area contributed by atoms with Gasteiger partial charge in [0.05, 0.1) is 18.3 Å². The number of pyridine rings is 2. The largest absolute Gasteiger partial charge is 0.318 e. The molecule has 0 fully saturated rings. The van der Waals surface area contributed by atoms with Gasteiger partial charge in [-0.25, -0.2) is 9.98 Å². The number of benzene rings is 1. The molecule has 3 aliphatic heterocycles. The molecule has 3 aliphatic rings. The second kappa shape index (κ2) is 7.15. The first kappa shape index (κ1) is 17.5. The molecule has 148 valence electrons. The number of aliphatic imine (C=N–C) groups is 2. The fourth-order valence-corrected chi connectivity index (χ4v) is 4.64. The van der Waals surface area contributed by atoms with E-state index in [9.17, 15) is 0 Å². The van der Waals surface area contributed by atoms with Gasteiger partial charge in [-0.15, -0.1) is 0 Å². The molecule has 0 spiro atoms. The van der Waals surface area contributed by atoms with E-state index in [0.717, 1.165) is 43.0 Å². The van der Waals surface area contributed by atoms with Gasteiger partial charge in [-0.2, -0.15) is 0 Å². The molecular weight excluding hydrogens is 372 g/mol. The van der Waals surface area contributed by atoms with E-state index in [2.05, 4.69) is 67.7 Å². The van der Waals surface area contributed by atoms with Gasteiger partial charge in [-0.05, 0) is 41.3 Å². The molecule has 0 bridgehead atoms. The van der Waals surface area contributed by atoms with Gasteiger partial charge < -0.3 is 10.2 Å². The third-order valence-corrected chi connectivity index (χ3v) is 6.14. The minimum Gasteiger partial charge on any atom is -0.318 e. The van der Waals surface area contributed by atoms with E-state index >= 15 is 0 Å². The zero-order valence-corrected chi connectivity index (χ0v) is 16.6. The van der Waals surface area contributed by atoms with Gasteiger partial charge in [0.15, 0.2) is 0 Å². The Morgan fingerprint density at radius 2 is 2.00 bits per heavy atom. The molecular formula is C24H22N6. The van der Waals surface area contributed by atoms with Gasteiger partial charge in [-0.3, -0.25) is 9.98 Å². The lowest BCUT2D eigenvalue weighted by molar-refractivity contribution is 0.628. The zero-order valence-electron chi connectivity index (χ0n) is 16.6. The van der Waals surface area contributed by atoms with Crippen LogP contribution in [-0.2, 0) is 19.4 Å². The Morgan fingerprint density at radius 3 is 2.93 bits per heavy atom. The van der Waals surface area contributed by atoms with E-state index in [1.165, 1.54) is 28.1 Å². The molecule has 1 aromatic carbocycles. The van der Waals surface area contributed by atoms with Crippen molar-refractivity contribution in [1.29, 1.82) is 0 Å². The molecule has 0 saturated carbocycles. The summed E-state index contributed by atoms with van der Waals surface area (Å²) in [6, 6.07) is 15.4. The second-order valence-corrected chi connectivity index (χ2v) is 7.96. The van der Waals surface area contributed by atoms with Gasteiger partial charge in [0, 0.05) is 48.8 Å². The van der Waals surface area contributed by atoms with Crippen LogP contribution in [0.1, 0.15) is 34.0 Å². The number of nitrogens with zero attached hydrogens (tertiary/aromatic N) is 5. The first-order valence-corrected chi connectivity index (χ1v) is 10.4. The topological polar surface area (TPSA) is 65.8 Å². The maximum atomic E-state index is 5.09. The maximum absolute atomic E-state index is 5.09. The molecule has 0 aliphatic carbocycles. The lowest BCUT2D eigenvalue weighted by Gasteiger charge is -2.28. The van der Waals surface area contributed by atoms with Crippen molar-refractivity contribution >= 4 is 23.6 Å². The van der Waals surface area contributed by atoms with Crippen molar-refractivity contribution in [1.82, 2.24) is 15.3 Å². The van der Waals surface area contributed by atoms with Crippen LogP contribution in [0.5, 0.6) is 0 Å². The Hall–Kier alpha value is -3.38. The molecule has 6 nitrogen and oxygen atoms in total. The van der Waals surface area contributed by atoms with E-state index in [0.29, 0.717) is 6.54 Å². The van der Waals surface area contributed by atoms with Crippen LogP contribution in [0, 0.1) is 0 Å². The Kier molecular flexibility index (Phi) is 4.16. The highest BCUT2D eigenvalue weighted by atomic mass is 15.2. The SMILES string of the molecule is C1=NCC(c2cncc(C3Cc4ccccc4N3c3ccc4c(n3)CCNC4)c2)=N1. The Bertz CT molecular complexity index is 1180. The number of rotatable bonds is 3. The second-order valence-electron chi connectivity index (χ2n) is 7.96. The first-order valence-electron chi connectivity index (χ1n) is 10.4. The van der Waals surface area contributed by atoms with Crippen LogP contribution >= 0.6 is 0 Å². The van der Waals surface area contributed by atoms with Crippen LogP contribution in [0.25, 0.3) is 0 Å². The molecule has 1 N–H and O–H groups in total. The third-order valence-electron chi connectivity index (χ3n) is 6.14. The molecule has 0 amide bonds. The lowest BCUT2D eigenvalue weighted by Crippen LogP contribution is -2.26. The van der Waals surface area contributed by atoms with Crippen LogP contribution in [-0.4, -0.2) is 35.1 Å². The minimum absolute atomic E-state index is 0.157. The van der Waals surface area contributed by atoms with Gasteiger partial charge in [0.25, 0.3) is 0 Å². The van der Waals surface area contributed by atoms with E-state index < -0.39 is 0 Å². The fourth-order valence-electron chi connectivity index (χ4n) is 4.64. The number of aromatic nitrogens is 2. The van der Waals surface area contributed by atoms with Crippen LogP contribution in [0.3, 0.4) is 0 Å². The van der Waals surface area contributed by atoms with E-state index in [-0.39, 0.29) is 6.04 Å². The molecule has 5 heterocycles. The van der Waals surface area contributed by atoms with Crippen molar-refractivity contribution in [2.45, 2.75) is 25.4 Å². The molecule has 30 heavy (non-hydrogen) atoms. The predicted molar refractivity (Wildman–Crippen MR) is 119 cm³/mol. The average Bonchev–Trinajstić information content (AvgIpc) is 3.47. The van der Waals surface area contributed by atoms with Gasteiger partial charge >= 0.3 is 0 Å². The Morgan fingerprint density at radius 1 is 1.03 bits per heavy atom. The van der Waals surface area contributed by atoms with Crippen molar-refractivity contribution < 1.29 is 0 Å². The number of nitrogens with one attached hydrogen (secondary N) is 1. The average molecular weight is 394 g/mol. The molecule has 3 aromatic rings. The predicted octanol–water partition coefficient (Wildman–Crippen LogP) is 3.39. The summed E-state index contributed by atoms with van der Waals surface area (Å²) in [6.45, 7) is 2.51. The summed E-state index contributed by atoms with van der Waals surface area (Å²) in [5.41, 5.74) is 8.29. The van der Waals surface area contributed by atoms with Crippen molar-refractivity contribution in [3.05, 3.63) is 82.8 Å². The lowest BCUT2D eigenvalue weighted by atomic mass is 10.0. The smallest absolute Gasteiger partial charge is 0.133 e. The fraction of sp³-hybridized carbons (Fsp3) is 0.250. The van der Waals surface area contributed by atoms with Crippen molar-refractivity contribution in [3.63, 3.8) is 0 Å². The number of anilines is 2. The zero-order chi connectivity index (χ0) is 19.9.